The van der Waals surface area contributed by atoms with E-state index in [1.54, 1.807) is 6.07 Å². The van der Waals surface area contributed by atoms with Gasteiger partial charge in [-0.15, -0.1) is 0 Å². The van der Waals surface area contributed by atoms with Crippen molar-refractivity contribution in [1.82, 2.24) is 5.32 Å². The summed E-state index contributed by atoms with van der Waals surface area (Å²) in [5.74, 6) is -0.103. The summed E-state index contributed by atoms with van der Waals surface area (Å²) in [7, 11) is 0. The van der Waals surface area contributed by atoms with Crippen LogP contribution in [0.25, 0.3) is 0 Å². The number of aryl methyl sites for hydroxylation is 2. The highest BCUT2D eigenvalue weighted by molar-refractivity contribution is 5.95. The molecule has 0 aliphatic carbocycles. The standard InChI is InChI=1S/C17H20N2O/c1-11-4-6-14(7-5-11)13(3)19-17(20)15-8-12(2)9-16(18)10-15/h4-10,13H,18H2,1-3H3,(H,19,20). The lowest BCUT2D eigenvalue weighted by molar-refractivity contribution is 0.0940. The first-order chi connectivity index (χ1) is 9.45. The van der Waals surface area contributed by atoms with Crippen LogP contribution in [0.3, 0.4) is 0 Å². The van der Waals surface area contributed by atoms with E-state index in [9.17, 15) is 4.79 Å². The summed E-state index contributed by atoms with van der Waals surface area (Å²) < 4.78 is 0. The normalized spacial score (nSPS) is 11.9. The van der Waals surface area contributed by atoms with Gasteiger partial charge in [0.25, 0.3) is 5.91 Å². The molecule has 0 fully saturated rings. The highest BCUT2D eigenvalue weighted by Gasteiger charge is 2.12. The molecular weight excluding hydrogens is 248 g/mol. The van der Waals surface area contributed by atoms with Crippen LogP contribution in [0.1, 0.15) is 40.0 Å². The largest absolute Gasteiger partial charge is 0.399 e. The van der Waals surface area contributed by atoms with Gasteiger partial charge >= 0.3 is 0 Å². The fourth-order valence-electron chi connectivity index (χ4n) is 2.16. The van der Waals surface area contributed by atoms with Gasteiger partial charge in [0, 0.05) is 11.3 Å². The number of nitrogens with two attached hydrogens (primary N) is 1. The molecule has 1 unspecified atom stereocenters. The van der Waals surface area contributed by atoms with Crippen molar-refractivity contribution in [3.63, 3.8) is 0 Å². The second-order valence-corrected chi connectivity index (χ2v) is 5.24. The molecule has 0 aromatic heterocycles. The molecule has 104 valence electrons. The molecule has 2 rings (SSSR count). The van der Waals surface area contributed by atoms with Crippen LogP contribution in [0.15, 0.2) is 42.5 Å². The van der Waals surface area contributed by atoms with E-state index in [1.165, 1.54) is 5.56 Å². The third-order valence-corrected chi connectivity index (χ3v) is 3.29. The van der Waals surface area contributed by atoms with Crippen molar-refractivity contribution < 1.29 is 4.79 Å². The predicted octanol–water partition coefficient (Wildman–Crippen LogP) is 3.38. The lowest BCUT2D eigenvalue weighted by atomic mass is 10.1. The molecule has 1 atom stereocenters. The van der Waals surface area contributed by atoms with Crippen LogP contribution < -0.4 is 11.1 Å². The molecule has 20 heavy (non-hydrogen) atoms. The van der Waals surface area contributed by atoms with Gasteiger partial charge in [0.15, 0.2) is 0 Å². The lowest BCUT2D eigenvalue weighted by Crippen LogP contribution is -2.26. The van der Waals surface area contributed by atoms with Crippen molar-refractivity contribution in [3.8, 4) is 0 Å². The monoisotopic (exact) mass is 268 g/mol. The number of hydrogen-bond donors (Lipinski definition) is 2. The Bertz CT molecular complexity index is 597. The van der Waals surface area contributed by atoms with Crippen LogP contribution in [0.2, 0.25) is 0 Å². The Kier molecular flexibility index (Phi) is 4.08. The Balaban J connectivity index is 2.12. The third kappa shape index (κ3) is 3.38. The molecule has 3 N–H and O–H groups in total. The van der Waals surface area contributed by atoms with Crippen molar-refractivity contribution >= 4 is 11.6 Å². The summed E-state index contributed by atoms with van der Waals surface area (Å²) >= 11 is 0. The van der Waals surface area contributed by atoms with Gasteiger partial charge in [-0.2, -0.15) is 0 Å². The van der Waals surface area contributed by atoms with Gasteiger partial charge in [-0.1, -0.05) is 29.8 Å². The van der Waals surface area contributed by atoms with Crippen LogP contribution in [0, 0.1) is 13.8 Å². The fourth-order valence-corrected chi connectivity index (χ4v) is 2.16. The molecule has 0 bridgehead atoms. The summed E-state index contributed by atoms with van der Waals surface area (Å²) in [5, 5.41) is 2.99. The Morgan fingerprint density at radius 3 is 2.30 bits per heavy atom. The maximum absolute atomic E-state index is 12.2. The number of anilines is 1. The molecule has 3 heteroatoms. The van der Waals surface area contributed by atoms with Crippen molar-refractivity contribution in [2.45, 2.75) is 26.8 Å². The van der Waals surface area contributed by atoms with Gasteiger partial charge < -0.3 is 11.1 Å². The zero-order valence-electron chi connectivity index (χ0n) is 12.1. The summed E-state index contributed by atoms with van der Waals surface area (Å²) in [6.45, 7) is 5.95. The summed E-state index contributed by atoms with van der Waals surface area (Å²) in [6, 6.07) is 13.5. The average Bonchev–Trinajstić information content (AvgIpc) is 2.38. The van der Waals surface area contributed by atoms with Gasteiger partial charge in [-0.25, -0.2) is 0 Å². The molecule has 3 nitrogen and oxygen atoms in total. The maximum Gasteiger partial charge on any atom is 0.251 e. The molecule has 2 aromatic carbocycles. The Labute approximate surface area is 119 Å². The number of benzene rings is 2. The molecular formula is C17H20N2O. The Morgan fingerprint density at radius 1 is 1.05 bits per heavy atom. The van der Waals surface area contributed by atoms with E-state index in [4.69, 9.17) is 5.73 Å². The topological polar surface area (TPSA) is 55.1 Å². The van der Waals surface area contributed by atoms with Gasteiger partial charge in [0.2, 0.25) is 0 Å². The first-order valence-electron chi connectivity index (χ1n) is 6.70. The van der Waals surface area contributed by atoms with E-state index in [2.05, 4.69) is 5.32 Å². The summed E-state index contributed by atoms with van der Waals surface area (Å²) in [6.07, 6.45) is 0. The second-order valence-electron chi connectivity index (χ2n) is 5.24. The number of carbonyl (C=O) groups is 1. The zero-order chi connectivity index (χ0) is 14.7. The number of hydrogen-bond acceptors (Lipinski definition) is 2. The van der Waals surface area contributed by atoms with Crippen LogP contribution in [-0.4, -0.2) is 5.91 Å². The van der Waals surface area contributed by atoms with Crippen LogP contribution in [-0.2, 0) is 0 Å². The van der Waals surface area contributed by atoms with Crippen molar-refractivity contribution in [3.05, 3.63) is 64.7 Å². The van der Waals surface area contributed by atoms with Crippen molar-refractivity contribution in [2.75, 3.05) is 5.73 Å². The third-order valence-electron chi connectivity index (χ3n) is 3.29. The fraction of sp³-hybridized carbons (Fsp3) is 0.235. The molecule has 0 saturated heterocycles. The SMILES string of the molecule is Cc1ccc(C(C)NC(=O)c2cc(C)cc(N)c2)cc1. The molecule has 0 heterocycles. The molecule has 0 aliphatic heterocycles. The minimum absolute atomic E-state index is 0.0372. The first-order valence-corrected chi connectivity index (χ1v) is 6.70. The van der Waals surface area contributed by atoms with E-state index < -0.39 is 0 Å². The molecule has 0 spiro atoms. The molecule has 0 saturated carbocycles. The predicted molar refractivity (Wildman–Crippen MR) is 82.7 cm³/mol. The number of nitrogens with one attached hydrogen (secondary N) is 1. The Morgan fingerprint density at radius 2 is 1.70 bits per heavy atom. The molecule has 2 aromatic rings. The highest BCUT2D eigenvalue weighted by atomic mass is 16.1. The highest BCUT2D eigenvalue weighted by Crippen LogP contribution is 2.16. The minimum Gasteiger partial charge on any atom is -0.399 e. The Hall–Kier alpha value is -2.29. The number of carbonyl (C=O) groups excluding carboxylic acids is 1. The summed E-state index contributed by atoms with van der Waals surface area (Å²) in [5.41, 5.74) is 10.3. The minimum atomic E-state index is -0.103. The van der Waals surface area contributed by atoms with Gasteiger partial charge in [-0.3, -0.25) is 4.79 Å². The quantitative estimate of drug-likeness (QED) is 0.838. The first kappa shape index (κ1) is 14.1. The average molecular weight is 268 g/mol. The molecule has 1 amide bonds. The van der Waals surface area contributed by atoms with Crippen molar-refractivity contribution in [1.29, 1.82) is 0 Å². The number of amides is 1. The van der Waals surface area contributed by atoms with Gasteiger partial charge in [-0.05, 0) is 50.1 Å². The molecule has 0 radical (unpaired) electrons. The van der Waals surface area contributed by atoms with Crippen molar-refractivity contribution in [2.24, 2.45) is 0 Å². The number of nitrogen functional groups attached to an aromatic ring is 1. The van der Waals surface area contributed by atoms with Gasteiger partial charge in [0.05, 0.1) is 6.04 Å². The summed E-state index contributed by atoms with van der Waals surface area (Å²) in [4.78, 5) is 12.2. The lowest BCUT2D eigenvalue weighted by Gasteiger charge is -2.15. The van der Waals surface area contributed by atoms with Crippen LogP contribution >= 0.6 is 0 Å². The number of rotatable bonds is 3. The zero-order valence-corrected chi connectivity index (χ0v) is 12.1. The molecule has 0 aliphatic rings. The smallest absolute Gasteiger partial charge is 0.251 e. The van der Waals surface area contributed by atoms with E-state index in [-0.39, 0.29) is 11.9 Å². The van der Waals surface area contributed by atoms with Crippen LogP contribution in [0.4, 0.5) is 5.69 Å². The van der Waals surface area contributed by atoms with E-state index in [0.29, 0.717) is 11.3 Å². The second kappa shape index (κ2) is 5.78. The van der Waals surface area contributed by atoms with Crippen LogP contribution in [0.5, 0.6) is 0 Å². The maximum atomic E-state index is 12.2. The van der Waals surface area contributed by atoms with E-state index >= 15 is 0 Å². The van der Waals surface area contributed by atoms with E-state index in [1.807, 2.05) is 57.2 Å². The van der Waals surface area contributed by atoms with Gasteiger partial charge in [0.1, 0.15) is 0 Å². The van der Waals surface area contributed by atoms with E-state index in [0.717, 1.165) is 11.1 Å².